The first kappa shape index (κ1) is 19.6. The van der Waals surface area contributed by atoms with Gasteiger partial charge in [0.25, 0.3) is 0 Å². The minimum Gasteiger partial charge on any atom is -0.353 e. The molecule has 1 saturated heterocycles. The summed E-state index contributed by atoms with van der Waals surface area (Å²) in [5.74, 6) is 0.992. The molecule has 144 valence electrons. The second-order valence-electron chi connectivity index (χ2n) is 7.01. The number of hydrogen-bond acceptors (Lipinski definition) is 5. The van der Waals surface area contributed by atoms with E-state index in [2.05, 4.69) is 20.4 Å². The molecule has 27 heavy (non-hydrogen) atoms. The lowest BCUT2D eigenvalue weighted by molar-refractivity contribution is -0.130. The maximum absolute atomic E-state index is 12.3. The lowest BCUT2D eigenvalue weighted by Gasteiger charge is -2.23. The van der Waals surface area contributed by atoms with Gasteiger partial charge in [-0.3, -0.25) is 4.79 Å². The molecule has 0 bridgehead atoms. The summed E-state index contributed by atoms with van der Waals surface area (Å²) in [7, 11) is 0. The van der Waals surface area contributed by atoms with Crippen molar-refractivity contribution in [3.8, 4) is 11.3 Å². The molecule has 1 N–H and O–H groups in total. The van der Waals surface area contributed by atoms with E-state index in [0.29, 0.717) is 24.2 Å². The predicted octanol–water partition coefficient (Wildman–Crippen LogP) is 2.83. The number of rotatable bonds is 5. The molecule has 1 aromatic carbocycles. The molecule has 0 aliphatic carbocycles. The number of nitrogens with one attached hydrogen (secondary N) is 1. The van der Waals surface area contributed by atoms with Gasteiger partial charge >= 0.3 is 0 Å². The van der Waals surface area contributed by atoms with Crippen LogP contribution in [0.5, 0.6) is 0 Å². The predicted molar refractivity (Wildman–Crippen MR) is 109 cm³/mol. The van der Waals surface area contributed by atoms with Gasteiger partial charge in [-0.15, -0.1) is 10.2 Å². The number of anilines is 1. The summed E-state index contributed by atoms with van der Waals surface area (Å²) in [6, 6.07) is 11.9. The lowest BCUT2D eigenvalue weighted by atomic mass is 10.1. The average Bonchev–Trinajstić information content (AvgIpc) is 2.93. The van der Waals surface area contributed by atoms with E-state index in [0.717, 1.165) is 43.1 Å². The molecular formula is C20H26ClN5O. The van der Waals surface area contributed by atoms with Gasteiger partial charge in [0.1, 0.15) is 0 Å². The molecular weight excluding hydrogens is 362 g/mol. The van der Waals surface area contributed by atoms with Gasteiger partial charge in [0, 0.05) is 37.8 Å². The highest BCUT2D eigenvalue weighted by Crippen LogP contribution is 2.26. The first-order valence-electron chi connectivity index (χ1n) is 9.39. The van der Waals surface area contributed by atoms with Crippen LogP contribution >= 0.6 is 11.6 Å². The molecule has 0 radical (unpaired) electrons. The van der Waals surface area contributed by atoms with Gasteiger partial charge in [-0.1, -0.05) is 43.6 Å². The minimum atomic E-state index is 0.158. The van der Waals surface area contributed by atoms with Crippen LogP contribution in [0.4, 0.5) is 5.82 Å². The Morgan fingerprint density at radius 2 is 1.93 bits per heavy atom. The zero-order valence-electron chi connectivity index (χ0n) is 15.9. The van der Waals surface area contributed by atoms with E-state index in [9.17, 15) is 4.79 Å². The normalized spacial score (nSPS) is 15.1. The van der Waals surface area contributed by atoms with Crippen molar-refractivity contribution in [2.24, 2.45) is 0 Å². The minimum absolute atomic E-state index is 0.158. The smallest absolute Gasteiger partial charge is 0.236 e. The fourth-order valence-corrected chi connectivity index (χ4v) is 3.34. The molecule has 1 aliphatic rings. The standard InChI is InChI=1S/C20H26ClN5O/c1-15(2)22-14-20(27)26-11-5-10-25(12-13-26)19-9-8-18(23-24-19)16-6-3-4-7-17(16)21/h3-4,6-9,15,22H,5,10-14H2,1-2H3. The molecule has 0 spiro atoms. The largest absolute Gasteiger partial charge is 0.353 e. The molecule has 2 aromatic rings. The van der Waals surface area contributed by atoms with E-state index < -0.39 is 0 Å². The van der Waals surface area contributed by atoms with Crippen molar-refractivity contribution in [2.45, 2.75) is 26.3 Å². The van der Waals surface area contributed by atoms with Crippen molar-refractivity contribution < 1.29 is 4.79 Å². The molecule has 6 nitrogen and oxygen atoms in total. The van der Waals surface area contributed by atoms with Crippen LogP contribution in [0.15, 0.2) is 36.4 Å². The van der Waals surface area contributed by atoms with Gasteiger partial charge in [0.2, 0.25) is 5.91 Å². The van der Waals surface area contributed by atoms with E-state index in [1.165, 1.54) is 0 Å². The SMILES string of the molecule is CC(C)NCC(=O)N1CCCN(c2ccc(-c3ccccc3Cl)nn2)CC1. The highest BCUT2D eigenvalue weighted by molar-refractivity contribution is 6.33. The summed E-state index contributed by atoms with van der Waals surface area (Å²) in [5.41, 5.74) is 1.64. The van der Waals surface area contributed by atoms with Crippen molar-refractivity contribution in [3.63, 3.8) is 0 Å². The molecule has 1 amide bonds. The van der Waals surface area contributed by atoms with Gasteiger partial charge in [-0.2, -0.15) is 0 Å². The van der Waals surface area contributed by atoms with E-state index in [-0.39, 0.29) is 5.91 Å². The van der Waals surface area contributed by atoms with Crippen LogP contribution in [-0.4, -0.2) is 59.8 Å². The number of benzene rings is 1. The first-order chi connectivity index (χ1) is 13.0. The highest BCUT2D eigenvalue weighted by atomic mass is 35.5. The van der Waals surface area contributed by atoms with Crippen LogP contribution in [0, 0.1) is 0 Å². The van der Waals surface area contributed by atoms with Gasteiger partial charge in [-0.05, 0) is 24.6 Å². The number of nitrogens with zero attached hydrogens (tertiary/aromatic N) is 4. The van der Waals surface area contributed by atoms with Gasteiger partial charge in [0.05, 0.1) is 17.3 Å². The summed E-state index contributed by atoms with van der Waals surface area (Å²) >= 11 is 6.24. The summed E-state index contributed by atoms with van der Waals surface area (Å²) < 4.78 is 0. The van der Waals surface area contributed by atoms with Crippen molar-refractivity contribution in [1.29, 1.82) is 0 Å². The highest BCUT2D eigenvalue weighted by Gasteiger charge is 2.20. The van der Waals surface area contributed by atoms with Crippen LogP contribution in [0.2, 0.25) is 5.02 Å². The summed E-state index contributed by atoms with van der Waals surface area (Å²) in [6.07, 6.45) is 0.918. The molecule has 3 rings (SSSR count). The molecule has 7 heteroatoms. The van der Waals surface area contributed by atoms with Crippen LogP contribution in [0.3, 0.4) is 0 Å². The molecule has 2 heterocycles. The van der Waals surface area contributed by atoms with E-state index >= 15 is 0 Å². The number of aromatic nitrogens is 2. The van der Waals surface area contributed by atoms with Crippen molar-refractivity contribution in [3.05, 3.63) is 41.4 Å². The number of carbonyl (C=O) groups is 1. The zero-order valence-corrected chi connectivity index (χ0v) is 16.6. The maximum atomic E-state index is 12.3. The van der Waals surface area contributed by atoms with Gasteiger partial charge in [0.15, 0.2) is 5.82 Å². The van der Waals surface area contributed by atoms with Crippen LogP contribution in [-0.2, 0) is 4.79 Å². The second-order valence-corrected chi connectivity index (χ2v) is 7.42. The van der Waals surface area contributed by atoms with E-state index in [1.54, 1.807) is 0 Å². The van der Waals surface area contributed by atoms with Crippen LogP contribution in [0.1, 0.15) is 20.3 Å². The Hall–Kier alpha value is -2.18. The maximum Gasteiger partial charge on any atom is 0.236 e. The topological polar surface area (TPSA) is 61.4 Å². The van der Waals surface area contributed by atoms with Crippen LogP contribution in [0.25, 0.3) is 11.3 Å². The number of halogens is 1. The Balaban J connectivity index is 1.62. The molecule has 1 aliphatic heterocycles. The molecule has 1 aromatic heterocycles. The monoisotopic (exact) mass is 387 g/mol. The Labute approximate surface area is 165 Å². The third kappa shape index (κ3) is 5.17. The van der Waals surface area contributed by atoms with Crippen LogP contribution < -0.4 is 10.2 Å². The summed E-state index contributed by atoms with van der Waals surface area (Å²) in [4.78, 5) is 16.5. The lowest BCUT2D eigenvalue weighted by Crippen LogP contribution is -2.42. The summed E-state index contributed by atoms with van der Waals surface area (Å²) in [6.45, 7) is 7.58. The quantitative estimate of drug-likeness (QED) is 0.854. The average molecular weight is 388 g/mol. The number of amides is 1. The van der Waals surface area contributed by atoms with Gasteiger partial charge in [-0.25, -0.2) is 0 Å². The van der Waals surface area contributed by atoms with E-state index in [1.807, 2.05) is 55.1 Å². The fourth-order valence-electron chi connectivity index (χ4n) is 3.11. The van der Waals surface area contributed by atoms with Gasteiger partial charge < -0.3 is 15.1 Å². The number of hydrogen-bond donors (Lipinski definition) is 1. The Morgan fingerprint density at radius 1 is 1.11 bits per heavy atom. The third-order valence-electron chi connectivity index (χ3n) is 4.63. The van der Waals surface area contributed by atoms with Crippen molar-refractivity contribution >= 4 is 23.3 Å². The Kier molecular flexibility index (Phi) is 6.63. The van der Waals surface area contributed by atoms with E-state index in [4.69, 9.17) is 11.6 Å². The molecule has 1 fully saturated rings. The second kappa shape index (κ2) is 9.15. The fraction of sp³-hybridized carbons (Fsp3) is 0.450. The zero-order chi connectivity index (χ0) is 19.2. The van der Waals surface area contributed by atoms with Crippen molar-refractivity contribution in [2.75, 3.05) is 37.6 Å². The third-order valence-corrected chi connectivity index (χ3v) is 4.96. The summed E-state index contributed by atoms with van der Waals surface area (Å²) in [5, 5.41) is 12.6. The first-order valence-corrected chi connectivity index (χ1v) is 9.77. The molecule has 0 saturated carbocycles. The molecule has 0 atom stereocenters. The number of carbonyl (C=O) groups excluding carboxylic acids is 1. The van der Waals surface area contributed by atoms with Crippen molar-refractivity contribution in [1.82, 2.24) is 20.4 Å². The Bertz CT molecular complexity index is 765. The molecule has 0 unspecified atom stereocenters. The Morgan fingerprint density at radius 3 is 2.63 bits per heavy atom.